The monoisotopic (exact) mass is 649 g/mol. The maximum absolute atomic E-state index is 13.1. The molecule has 4 amide bonds. The van der Waals surface area contributed by atoms with Crippen molar-refractivity contribution >= 4 is 35.8 Å². The van der Waals surface area contributed by atoms with Gasteiger partial charge in [-0.15, -0.1) is 5.10 Å². The molecule has 1 unspecified atom stereocenters. The lowest BCUT2D eigenvalue weighted by Gasteiger charge is -2.19. The number of nitrogens with zero attached hydrogens (tertiary/aromatic N) is 4. The van der Waals surface area contributed by atoms with E-state index in [2.05, 4.69) is 26.3 Å². The molecular formula is C29H40FN7O9. The van der Waals surface area contributed by atoms with Crippen LogP contribution in [0.2, 0.25) is 0 Å². The van der Waals surface area contributed by atoms with E-state index in [-0.39, 0.29) is 49.3 Å². The second-order valence-corrected chi connectivity index (χ2v) is 10.3. The molecule has 0 aliphatic carbocycles. The van der Waals surface area contributed by atoms with E-state index in [1.165, 1.54) is 16.8 Å². The zero-order valence-electron chi connectivity index (χ0n) is 25.7. The molecule has 0 bridgehead atoms. The van der Waals surface area contributed by atoms with E-state index in [1.54, 1.807) is 17.2 Å². The van der Waals surface area contributed by atoms with Crippen molar-refractivity contribution in [3.8, 4) is 5.69 Å². The van der Waals surface area contributed by atoms with Crippen molar-refractivity contribution in [2.24, 2.45) is 0 Å². The van der Waals surface area contributed by atoms with Crippen LogP contribution in [0.5, 0.6) is 0 Å². The average Bonchev–Trinajstić information content (AvgIpc) is 3.50. The van der Waals surface area contributed by atoms with E-state index in [1.807, 2.05) is 13.8 Å². The van der Waals surface area contributed by atoms with E-state index in [0.717, 1.165) is 0 Å². The van der Waals surface area contributed by atoms with Crippen LogP contribution in [-0.4, -0.2) is 109 Å². The number of urea groups is 1. The largest absolute Gasteiger partial charge is 0.481 e. The number of aryl methyl sites for hydroxylation is 1. The quantitative estimate of drug-likeness (QED) is 0.113. The van der Waals surface area contributed by atoms with Gasteiger partial charge in [0.25, 0.3) is 11.8 Å². The molecule has 6 N–H and O–H groups in total. The molecule has 17 heteroatoms. The van der Waals surface area contributed by atoms with Crippen LogP contribution in [0, 0.1) is 0 Å². The fourth-order valence-electron chi connectivity index (χ4n) is 4.40. The normalized spacial score (nSPS) is 12.1. The third-order valence-electron chi connectivity index (χ3n) is 6.91. The molecule has 0 aliphatic heterocycles. The number of rotatable bonds is 20. The molecule has 0 saturated carbocycles. The fourth-order valence-corrected chi connectivity index (χ4v) is 4.40. The summed E-state index contributed by atoms with van der Waals surface area (Å²) < 4.78 is 14.0. The molecule has 0 radical (unpaired) electrons. The maximum atomic E-state index is 13.1. The number of hydrogen-bond donors (Lipinski definition) is 6. The molecule has 1 aromatic carbocycles. The van der Waals surface area contributed by atoms with E-state index in [9.17, 15) is 43.4 Å². The van der Waals surface area contributed by atoms with Crippen molar-refractivity contribution in [3.05, 3.63) is 41.2 Å². The number of amides is 4. The number of carboxylic acid groups (broad SMARTS) is 3. The molecule has 0 fully saturated rings. The molecular weight excluding hydrogens is 609 g/mol. The van der Waals surface area contributed by atoms with Crippen LogP contribution in [0.3, 0.4) is 0 Å². The first-order valence-electron chi connectivity index (χ1n) is 14.8. The van der Waals surface area contributed by atoms with Crippen molar-refractivity contribution in [2.45, 2.75) is 70.9 Å². The Balaban J connectivity index is 2.04. The Morgan fingerprint density at radius 1 is 0.891 bits per heavy atom. The third-order valence-corrected chi connectivity index (χ3v) is 6.91. The smallest absolute Gasteiger partial charge is 0.326 e. The van der Waals surface area contributed by atoms with Gasteiger partial charge < -0.3 is 36.2 Å². The minimum absolute atomic E-state index is 0.0411. The Labute approximate surface area is 264 Å². The van der Waals surface area contributed by atoms with Gasteiger partial charge in [-0.3, -0.25) is 18.8 Å². The van der Waals surface area contributed by atoms with Crippen LogP contribution >= 0.6 is 0 Å². The van der Waals surface area contributed by atoms with Crippen molar-refractivity contribution in [2.75, 3.05) is 26.3 Å². The highest BCUT2D eigenvalue weighted by atomic mass is 19.1. The number of halogens is 1. The number of carbonyl (C=O) groups excluding carboxylic acids is 3. The molecule has 2 atom stereocenters. The summed E-state index contributed by atoms with van der Waals surface area (Å²) in [6.45, 7) is 4.21. The Hall–Kier alpha value is -5.09. The highest BCUT2D eigenvalue weighted by Gasteiger charge is 2.25. The molecule has 16 nitrogen and oxygen atoms in total. The van der Waals surface area contributed by atoms with E-state index in [0.29, 0.717) is 37.3 Å². The maximum Gasteiger partial charge on any atom is 0.326 e. The fraction of sp³-hybridized carbons (Fsp3) is 0.517. The number of hydrogen-bond acceptors (Lipinski definition) is 8. The first-order valence-corrected chi connectivity index (χ1v) is 14.8. The summed E-state index contributed by atoms with van der Waals surface area (Å²) in [4.78, 5) is 73.6. The van der Waals surface area contributed by atoms with Gasteiger partial charge in [-0.2, -0.15) is 0 Å². The average molecular weight is 650 g/mol. The van der Waals surface area contributed by atoms with E-state index < -0.39 is 55.0 Å². The van der Waals surface area contributed by atoms with Gasteiger partial charge in [0.1, 0.15) is 12.1 Å². The summed E-state index contributed by atoms with van der Waals surface area (Å²) >= 11 is 0. The highest BCUT2D eigenvalue weighted by Crippen LogP contribution is 2.17. The van der Waals surface area contributed by atoms with Crippen molar-refractivity contribution in [1.29, 1.82) is 0 Å². The van der Waals surface area contributed by atoms with E-state index in [4.69, 9.17) is 5.11 Å². The minimum atomic E-state index is -1.52. The number of unbranched alkanes of at least 4 members (excludes halogenated alkanes) is 1. The minimum Gasteiger partial charge on any atom is -0.481 e. The number of nitrogens with one attached hydrogen (secondary N) is 3. The Bertz CT molecular complexity index is 1380. The first-order chi connectivity index (χ1) is 21.9. The molecule has 0 aliphatic rings. The van der Waals surface area contributed by atoms with Gasteiger partial charge in [0.15, 0.2) is 0 Å². The summed E-state index contributed by atoms with van der Waals surface area (Å²) in [6.07, 6.45) is 1.90. The van der Waals surface area contributed by atoms with Gasteiger partial charge in [-0.1, -0.05) is 5.21 Å². The summed E-state index contributed by atoms with van der Waals surface area (Å²) in [5, 5.41) is 42.4. The molecule has 0 spiro atoms. The zero-order valence-corrected chi connectivity index (χ0v) is 25.7. The number of carboxylic acids is 3. The number of alkyl halides is 1. The number of benzene rings is 1. The Morgan fingerprint density at radius 2 is 1.52 bits per heavy atom. The van der Waals surface area contributed by atoms with Gasteiger partial charge in [-0.05, 0) is 70.6 Å². The van der Waals surface area contributed by atoms with Crippen LogP contribution in [-0.2, 0) is 20.8 Å². The molecule has 1 aromatic heterocycles. The van der Waals surface area contributed by atoms with Gasteiger partial charge >= 0.3 is 23.9 Å². The predicted octanol–water partition coefficient (Wildman–Crippen LogP) is 1.62. The third kappa shape index (κ3) is 11.8. The number of aliphatic carboxylic acids is 3. The molecule has 0 saturated heterocycles. The molecule has 46 heavy (non-hydrogen) atoms. The Kier molecular flexibility index (Phi) is 15.0. The van der Waals surface area contributed by atoms with E-state index >= 15 is 0 Å². The lowest BCUT2D eigenvalue weighted by Crippen LogP contribution is -2.51. The van der Waals surface area contributed by atoms with Gasteiger partial charge in [-0.25, -0.2) is 19.1 Å². The lowest BCUT2D eigenvalue weighted by molar-refractivity contribution is -0.140. The zero-order chi connectivity index (χ0) is 34.2. The van der Waals surface area contributed by atoms with Crippen LogP contribution in [0.15, 0.2) is 24.4 Å². The summed E-state index contributed by atoms with van der Waals surface area (Å²) in [5.41, 5.74) is 1.39. The summed E-state index contributed by atoms with van der Waals surface area (Å²) in [7, 11) is 0. The van der Waals surface area contributed by atoms with Crippen LogP contribution in [0.4, 0.5) is 9.18 Å². The standard InChI is InChI=1S/C29H40FN7O9/c1-3-36(4-2)26(41)19-14-18(15-21(16-19)37-17-20(34-35-37)8-7-12-30)25(40)31-13-6-5-9-22(27(42)43)32-29(46)33-23(28(44)45)10-11-24(38)39/h14-17,22-23H,3-13H2,1-2H3,(H,31,40)(H,38,39)(H,42,43)(H,44,45)(H2,32,33,46)/t22-,23?/m0/s1. The van der Waals surface area contributed by atoms with Crippen LogP contribution < -0.4 is 16.0 Å². The second-order valence-electron chi connectivity index (χ2n) is 10.3. The molecule has 2 aromatic rings. The highest BCUT2D eigenvalue weighted by molar-refractivity contribution is 6.00. The summed E-state index contributed by atoms with van der Waals surface area (Å²) in [6, 6.07) is 0.624. The number of aromatic nitrogens is 3. The van der Waals surface area contributed by atoms with Gasteiger partial charge in [0.2, 0.25) is 0 Å². The SMILES string of the molecule is CCN(CC)C(=O)c1cc(C(=O)NCCCC[C@H](NC(=O)NC(CCC(=O)O)C(=O)O)C(=O)O)cc(-n2cc(CCCF)nn2)c1. The predicted molar refractivity (Wildman–Crippen MR) is 160 cm³/mol. The molecule has 252 valence electrons. The molecule has 1 heterocycles. The van der Waals surface area contributed by atoms with Crippen molar-refractivity contribution in [1.82, 2.24) is 35.8 Å². The topological polar surface area (TPSA) is 233 Å². The summed E-state index contributed by atoms with van der Waals surface area (Å²) in [5.74, 6) is -4.86. The van der Waals surface area contributed by atoms with Crippen molar-refractivity contribution in [3.63, 3.8) is 0 Å². The first kappa shape index (κ1) is 37.1. The van der Waals surface area contributed by atoms with Crippen molar-refractivity contribution < 1.29 is 48.5 Å². The second kappa shape index (κ2) is 18.7. The molecule has 2 rings (SSSR count). The number of carbonyl (C=O) groups is 6. The van der Waals surface area contributed by atoms with Crippen LogP contribution in [0.1, 0.15) is 78.8 Å². The lowest BCUT2D eigenvalue weighted by atomic mass is 10.1. The Morgan fingerprint density at radius 3 is 2.11 bits per heavy atom. The van der Waals surface area contributed by atoms with Gasteiger partial charge in [0.05, 0.1) is 24.3 Å². The van der Waals surface area contributed by atoms with Gasteiger partial charge in [0, 0.05) is 37.2 Å². The van der Waals surface area contributed by atoms with Crippen LogP contribution in [0.25, 0.3) is 5.69 Å².